The number of benzene rings is 2. The Morgan fingerprint density at radius 3 is 2.54 bits per heavy atom. The molecule has 1 aliphatic rings. The van der Waals surface area contributed by atoms with Crippen molar-refractivity contribution in [2.45, 2.75) is 6.10 Å². The highest BCUT2D eigenvalue weighted by atomic mass is 16.6. The van der Waals surface area contributed by atoms with Gasteiger partial charge in [0, 0.05) is 18.2 Å². The minimum Gasteiger partial charge on any atom is -0.486 e. The van der Waals surface area contributed by atoms with Gasteiger partial charge in [-0.3, -0.25) is 4.79 Å². The molecule has 1 aliphatic heterocycles. The van der Waals surface area contributed by atoms with Crippen LogP contribution in [-0.4, -0.2) is 37.1 Å². The number of rotatable bonds is 4. The van der Waals surface area contributed by atoms with E-state index in [1.165, 1.54) is 0 Å². The summed E-state index contributed by atoms with van der Waals surface area (Å²) in [6.07, 6.45) is 1.44. The Morgan fingerprint density at radius 1 is 1.04 bits per heavy atom. The fourth-order valence-electron chi connectivity index (χ4n) is 2.98. The van der Waals surface area contributed by atoms with E-state index in [4.69, 9.17) is 13.9 Å². The van der Waals surface area contributed by atoms with Crippen molar-refractivity contribution >= 4 is 5.91 Å². The Hall–Kier alpha value is -3.21. The van der Waals surface area contributed by atoms with Gasteiger partial charge in [-0.1, -0.05) is 24.3 Å². The Balaban J connectivity index is 1.40. The molecule has 1 aromatic heterocycles. The van der Waals surface area contributed by atoms with E-state index in [0.29, 0.717) is 24.5 Å². The summed E-state index contributed by atoms with van der Waals surface area (Å²) in [7, 11) is 1.77. The lowest BCUT2D eigenvalue weighted by Crippen LogP contribution is -2.41. The molecular formula is C21H19NO4. The van der Waals surface area contributed by atoms with Crippen molar-refractivity contribution in [1.82, 2.24) is 4.90 Å². The highest BCUT2D eigenvalue weighted by Gasteiger charge is 2.24. The number of hydrogen-bond donors (Lipinski definition) is 0. The molecule has 0 fully saturated rings. The molecular weight excluding hydrogens is 330 g/mol. The number of ether oxygens (including phenoxy) is 2. The lowest BCUT2D eigenvalue weighted by Gasteiger charge is -2.29. The molecule has 0 radical (unpaired) electrons. The summed E-state index contributed by atoms with van der Waals surface area (Å²) in [5.41, 5.74) is 1.56. The van der Waals surface area contributed by atoms with Crippen LogP contribution in [0.5, 0.6) is 11.5 Å². The molecule has 0 N–H and O–H groups in total. The molecule has 1 atom stereocenters. The van der Waals surface area contributed by atoms with E-state index >= 15 is 0 Å². The van der Waals surface area contributed by atoms with Gasteiger partial charge in [0.05, 0.1) is 12.8 Å². The molecule has 2 heterocycles. The molecule has 4 rings (SSSR count). The Labute approximate surface area is 151 Å². The summed E-state index contributed by atoms with van der Waals surface area (Å²) in [6.45, 7) is 0.874. The van der Waals surface area contributed by atoms with E-state index in [2.05, 4.69) is 0 Å². The second-order valence-corrected chi connectivity index (χ2v) is 6.24. The number of furan rings is 1. The summed E-state index contributed by atoms with van der Waals surface area (Å²) in [5.74, 6) is 2.18. The van der Waals surface area contributed by atoms with Gasteiger partial charge in [-0.15, -0.1) is 0 Å². The Bertz CT molecular complexity index is 887. The highest BCUT2D eigenvalue weighted by molar-refractivity contribution is 5.94. The molecule has 3 aromatic rings. The van der Waals surface area contributed by atoms with Crippen LogP contribution in [0.1, 0.15) is 10.4 Å². The summed E-state index contributed by atoms with van der Waals surface area (Å²) in [4.78, 5) is 14.3. The van der Waals surface area contributed by atoms with Gasteiger partial charge >= 0.3 is 0 Å². The van der Waals surface area contributed by atoms with Crippen LogP contribution >= 0.6 is 0 Å². The van der Waals surface area contributed by atoms with Crippen LogP contribution in [-0.2, 0) is 0 Å². The Morgan fingerprint density at radius 2 is 1.81 bits per heavy atom. The van der Waals surface area contributed by atoms with E-state index in [-0.39, 0.29) is 12.0 Å². The predicted octanol–water partition coefficient (Wildman–Crippen LogP) is 3.86. The number of fused-ring (bicyclic) bond motifs is 1. The summed E-state index contributed by atoms with van der Waals surface area (Å²) < 4.78 is 17.0. The van der Waals surface area contributed by atoms with Gasteiger partial charge in [0.15, 0.2) is 17.6 Å². The van der Waals surface area contributed by atoms with E-state index < -0.39 is 0 Å². The third-order valence-corrected chi connectivity index (χ3v) is 4.33. The van der Waals surface area contributed by atoms with Crippen LogP contribution in [0.4, 0.5) is 0 Å². The first-order valence-electron chi connectivity index (χ1n) is 8.48. The van der Waals surface area contributed by atoms with E-state index in [9.17, 15) is 4.79 Å². The van der Waals surface area contributed by atoms with Crippen LogP contribution < -0.4 is 9.47 Å². The molecule has 5 nitrogen and oxygen atoms in total. The van der Waals surface area contributed by atoms with Crippen molar-refractivity contribution in [2.24, 2.45) is 0 Å². The Kier molecular flexibility index (Phi) is 4.35. The van der Waals surface area contributed by atoms with E-state index in [1.54, 1.807) is 18.2 Å². The van der Waals surface area contributed by atoms with Crippen molar-refractivity contribution in [3.05, 3.63) is 72.5 Å². The average molecular weight is 349 g/mol. The lowest BCUT2D eigenvalue weighted by molar-refractivity contribution is 0.0521. The van der Waals surface area contributed by atoms with Crippen molar-refractivity contribution in [3.8, 4) is 22.8 Å². The SMILES string of the molecule is CN(C[C@H]1COc2ccccc2O1)C(=O)c1ccc(-c2ccco2)cc1. The van der Waals surface area contributed by atoms with Crippen LogP contribution in [0.3, 0.4) is 0 Å². The van der Waals surface area contributed by atoms with Crippen molar-refractivity contribution in [3.63, 3.8) is 0 Å². The summed E-state index contributed by atoms with van der Waals surface area (Å²) in [5, 5.41) is 0. The van der Waals surface area contributed by atoms with Crippen LogP contribution in [0, 0.1) is 0 Å². The summed E-state index contributed by atoms with van der Waals surface area (Å²) >= 11 is 0. The second-order valence-electron chi connectivity index (χ2n) is 6.24. The first kappa shape index (κ1) is 16.3. The number of likely N-dealkylation sites (N-methyl/N-ethyl adjacent to an activating group) is 1. The topological polar surface area (TPSA) is 51.9 Å². The van der Waals surface area contributed by atoms with Gasteiger partial charge in [0.25, 0.3) is 5.91 Å². The molecule has 0 saturated heterocycles. The third kappa shape index (κ3) is 3.28. The zero-order chi connectivity index (χ0) is 17.9. The maximum atomic E-state index is 12.7. The third-order valence-electron chi connectivity index (χ3n) is 4.33. The largest absolute Gasteiger partial charge is 0.486 e. The molecule has 5 heteroatoms. The van der Waals surface area contributed by atoms with Gasteiger partial charge < -0.3 is 18.8 Å². The number of carbonyl (C=O) groups excluding carboxylic acids is 1. The smallest absolute Gasteiger partial charge is 0.253 e. The first-order chi connectivity index (χ1) is 12.7. The zero-order valence-electron chi connectivity index (χ0n) is 14.4. The minimum absolute atomic E-state index is 0.0570. The van der Waals surface area contributed by atoms with Gasteiger partial charge in [0.2, 0.25) is 0 Å². The quantitative estimate of drug-likeness (QED) is 0.718. The van der Waals surface area contributed by atoms with Crippen LogP contribution in [0.25, 0.3) is 11.3 Å². The molecule has 0 aliphatic carbocycles. The van der Waals surface area contributed by atoms with Crippen molar-refractivity contribution in [1.29, 1.82) is 0 Å². The normalized spacial score (nSPS) is 15.5. The van der Waals surface area contributed by atoms with Gasteiger partial charge in [-0.2, -0.15) is 0 Å². The fraction of sp³-hybridized carbons (Fsp3) is 0.190. The molecule has 1 amide bonds. The van der Waals surface area contributed by atoms with Gasteiger partial charge in [0.1, 0.15) is 12.4 Å². The summed E-state index contributed by atoms with van der Waals surface area (Å²) in [6, 6.07) is 18.7. The van der Waals surface area contributed by atoms with E-state index in [1.807, 2.05) is 60.7 Å². The lowest BCUT2D eigenvalue weighted by atomic mass is 10.1. The number of para-hydroxylation sites is 2. The predicted molar refractivity (Wildman–Crippen MR) is 97.5 cm³/mol. The maximum Gasteiger partial charge on any atom is 0.253 e. The molecule has 0 bridgehead atoms. The molecule has 0 spiro atoms. The van der Waals surface area contributed by atoms with Crippen LogP contribution in [0.2, 0.25) is 0 Å². The molecule has 0 saturated carbocycles. The number of hydrogen-bond acceptors (Lipinski definition) is 4. The second kappa shape index (κ2) is 6.96. The molecule has 2 aromatic carbocycles. The number of nitrogens with zero attached hydrogens (tertiary/aromatic N) is 1. The standard InChI is InChI=1S/C21H19NO4/c1-22(13-17-14-25-19-5-2-3-6-20(19)26-17)21(23)16-10-8-15(9-11-16)18-7-4-12-24-18/h2-12,17H,13-14H2,1H3/t17-/m0/s1. The zero-order valence-corrected chi connectivity index (χ0v) is 14.4. The first-order valence-corrected chi connectivity index (χ1v) is 8.48. The monoisotopic (exact) mass is 349 g/mol. The average Bonchev–Trinajstić information content (AvgIpc) is 3.22. The minimum atomic E-state index is -0.193. The maximum absolute atomic E-state index is 12.7. The highest BCUT2D eigenvalue weighted by Crippen LogP contribution is 2.31. The fourth-order valence-corrected chi connectivity index (χ4v) is 2.98. The van der Waals surface area contributed by atoms with Gasteiger partial charge in [-0.25, -0.2) is 0 Å². The van der Waals surface area contributed by atoms with Crippen molar-refractivity contribution in [2.75, 3.05) is 20.2 Å². The number of carbonyl (C=O) groups is 1. The van der Waals surface area contributed by atoms with Crippen molar-refractivity contribution < 1.29 is 18.7 Å². The molecule has 0 unspecified atom stereocenters. The molecule has 26 heavy (non-hydrogen) atoms. The number of amides is 1. The molecule has 132 valence electrons. The van der Waals surface area contributed by atoms with Gasteiger partial charge in [-0.05, 0) is 36.4 Å². The van der Waals surface area contributed by atoms with Crippen LogP contribution in [0.15, 0.2) is 71.3 Å². The van der Waals surface area contributed by atoms with E-state index in [0.717, 1.165) is 17.1 Å².